The molecule has 74 valence electrons. The van der Waals surface area contributed by atoms with Gasteiger partial charge in [0.1, 0.15) is 0 Å². The fourth-order valence-corrected chi connectivity index (χ4v) is 0.965. The summed E-state index contributed by atoms with van der Waals surface area (Å²) in [7, 11) is 0. The molecule has 0 aliphatic carbocycles. The molecule has 0 saturated heterocycles. The lowest BCUT2D eigenvalue weighted by Gasteiger charge is -1.94. The van der Waals surface area contributed by atoms with Gasteiger partial charge in [-0.2, -0.15) is 0 Å². The van der Waals surface area contributed by atoms with Crippen molar-refractivity contribution in [1.82, 2.24) is 9.97 Å². The number of hydrogen-bond acceptors (Lipinski definition) is 4. The molecule has 0 unspecified atom stereocenters. The highest BCUT2D eigenvalue weighted by Gasteiger charge is 2.00. The van der Waals surface area contributed by atoms with Crippen LogP contribution in [0, 0.1) is 0 Å². The van der Waals surface area contributed by atoms with E-state index in [1.165, 1.54) is 0 Å². The molecule has 0 aromatic carbocycles. The maximum Gasteiger partial charge on any atom is 0.276 e. The minimum atomic E-state index is -0.452. The second-order valence-electron chi connectivity index (χ2n) is 2.62. The number of allylic oxidation sites excluding steroid dienone is 2. The summed E-state index contributed by atoms with van der Waals surface area (Å²) >= 11 is 0. The van der Waals surface area contributed by atoms with Crippen LogP contribution in [0.3, 0.4) is 0 Å². The number of rotatable bonds is 1. The van der Waals surface area contributed by atoms with Crippen molar-refractivity contribution >= 4 is 12.2 Å². The van der Waals surface area contributed by atoms with E-state index in [0.717, 1.165) is 0 Å². The first-order chi connectivity index (χ1) is 6.69. The topological polar surface area (TPSA) is 66.2 Å². The molecule has 0 amide bonds. The Labute approximate surface area is 81.6 Å². The van der Waals surface area contributed by atoms with E-state index in [2.05, 4.69) is 9.97 Å². The quantitative estimate of drug-likeness (QED) is 0.659. The average molecular weight is 192 g/mol. The van der Waals surface area contributed by atoms with Gasteiger partial charge in [-0.3, -0.25) is 0 Å². The van der Waals surface area contributed by atoms with E-state index in [0.29, 0.717) is 10.7 Å². The fraction of sp³-hybridized carbons (Fsp3) is 0.200. The molecule has 0 saturated carbocycles. The maximum absolute atomic E-state index is 9.14. The molecule has 1 aromatic rings. The molecule has 1 rings (SSSR count). The van der Waals surface area contributed by atoms with Gasteiger partial charge in [-0.15, -0.1) is 0 Å². The fourth-order valence-electron chi connectivity index (χ4n) is 0.965. The molecule has 0 bridgehead atoms. The van der Waals surface area contributed by atoms with E-state index in [9.17, 15) is 0 Å². The van der Waals surface area contributed by atoms with E-state index < -0.39 is 11.8 Å². The van der Waals surface area contributed by atoms with Crippen molar-refractivity contribution in [3.8, 4) is 11.8 Å². The van der Waals surface area contributed by atoms with Crippen LogP contribution in [0.2, 0.25) is 0 Å². The summed E-state index contributed by atoms with van der Waals surface area (Å²) in [6.45, 7) is 3.66. The van der Waals surface area contributed by atoms with Crippen molar-refractivity contribution in [2.75, 3.05) is 0 Å². The minimum Gasteiger partial charge on any atom is -0.489 e. The zero-order chi connectivity index (χ0) is 10.6. The van der Waals surface area contributed by atoms with Gasteiger partial charge < -0.3 is 10.2 Å². The summed E-state index contributed by atoms with van der Waals surface area (Å²) in [4.78, 5) is 7.55. The van der Waals surface area contributed by atoms with Crippen molar-refractivity contribution in [1.29, 1.82) is 0 Å². The molecule has 14 heavy (non-hydrogen) atoms. The Hall–Kier alpha value is -1.84. The zero-order valence-electron chi connectivity index (χ0n) is 8.10. The molecule has 2 N–H and O–H groups in total. The number of aromatic hydroxyl groups is 2. The van der Waals surface area contributed by atoms with E-state index >= 15 is 0 Å². The number of aromatic nitrogens is 2. The first kappa shape index (κ1) is 10.2. The number of nitrogens with zero attached hydrogens (tertiary/aromatic N) is 2. The second kappa shape index (κ2) is 4.41. The Balaban J connectivity index is 3.51. The molecule has 4 nitrogen and oxygen atoms in total. The molecule has 0 aliphatic heterocycles. The SMILES string of the molecule is C\C=C/C=c1/nc(O)c(O)n/c1=C/C. The third-order valence-electron chi connectivity index (χ3n) is 1.64. The van der Waals surface area contributed by atoms with Gasteiger partial charge in [0.25, 0.3) is 11.8 Å². The summed E-state index contributed by atoms with van der Waals surface area (Å²) in [6.07, 6.45) is 7.04. The van der Waals surface area contributed by atoms with Crippen molar-refractivity contribution in [3.05, 3.63) is 22.9 Å². The first-order valence-corrected chi connectivity index (χ1v) is 4.24. The van der Waals surface area contributed by atoms with Gasteiger partial charge in [0.15, 0.2) is 0 Å². The zero-order valence-corrected chi connectivity index (χ0v) is 8.10. The summed E-state index contributed by atoms with van der Waals surface area (Å²) < 4.78 is 0. The van der Waals surface area contributed by atoms with E-state index in [1.54, 1.807) is 25.2 Å². The lowest BCUT2D eigenvalue weighted by atomic mass is 10.4. The molecule has 0 fully saturated rings. The normalized spacial score (nSPS) is 14.1. The van der Waals surface area contributed by atoms with Gasteiger partial charge >= 0.3 is 0 Å². The lowest BCUT2D eigenvalue weighted by Crippen LogP contribution is -2.30. The largest absolute Gasteiger partial charge is 0.489 e. The first-order valence-electron chi connectivity index (χ1n) is 4.24. The Morgan fingerprint density at radius 2 is 1.57 bits per heavy atom. The van der Waals surface area contributed by atoms with Gasteiger partial charge in [0, 0.05) is 0 Å². The second-order valence-corrected chi connectivity index (χ2v) is 2.62. The highest BCUT2D eigenvalue weighted by molar-refractivity contribution is 5.37. The summed E-state index contributed by atoms with van der Waals surface area (Å²) in [5, 5.41) is 19.3. The highest BCUT2D eigenvalue weighted by Crippen LogP contribution is 2.11. The Morgan fingerprint density at radius 3 is 2.07 bits per heavy atom. The molecule has 0 aliphatic rings. The molecule has 0 spiro atoms. The number of hydrogen-bond donors (Lipinski definition) is 2. The van der Waals surface area contributed by atoms with Crippen molar-refractivity contribution in [2.24, 2.45) is 0 Å². The highest BCUT2D eigenvalue weighted by atomic mass is 16.3. The van der Waals surface area contributed by atoms with E-state index in [4.69, 9.17) is 10.2 Å². The Bertz CT molecular complexity index is 464. The van der Waals surface area contributed by atoms with Gasteiger partial charge in [0.2, 0.25) is 0 Å². The monoisotopic (exact) mass is 192 g/mol. The third kappa shape index (κ3) is 2.10. The lowest BCUT2D eigenvalue weighted by molar-refractivity contribution is 0.371. The van der Waals surface area contributed by atoms with Crippen LogP contribution in [-0.4, -0.2) is 20.2 Å². The van der Waals surface area contributed by atoms with Gasteiger partial charge in [-0.05, 0) is 19.9 Å². The van der Waals surface area contributed by atoms with Crippen LogP contribution < -0.4 is 10.7 Å². The summed E-state index contributed by atoms with van der Waals surface area (Å²) in [6, 6.07) is 0. The summed E-state index contributed by atoms with van der Waals surface area (Å²) in [5.74, 6) is -0.901. The van der Waals surface area contributed by atoms with E-state index in [-0.39, 0.29) is 0 Å². The smallest absolute Gasteiger partial charge is 0.276 e. The molecule has 4 heteroatoms. The van der Waals surface area contributed by atoms with Crippen LogP contribution in [0.5, 0.6) is 11.8 Å². The van der Waals surface area contributed by atoms with Gasteiger partial charge in [-0.25, -0.2) is 9.97 Å². The average Bonchev–Trinajstić information content (AvgIpc) is 2.19. The molecule has 0 radical (unpaired) electrons. The standard InChI is InChI=1S/C10H12N2O2/c1-3-5-6-8-7(4-2)11-9(13)10(14)12-8/h3-6H,1-2H3,(H,11,13)(H,12,14)/b5-3-,7-4+,8-6+. The Morgan fingerprint density at radius 1 is 1.00 bits per heavy atom. The van der Waals surface area contributed by atoms with Crippen molar-refractivity contribution < 1.29 is 10.2 Å². The predicted molar refractivity (Wildman–Crippen MR) is 54.0 cm³/mol. The molecule has 1 heterocycles. The molecule has 0 atom stereocenters. The van der Waals surface area contributed by atoms with Crippen LogP contribution in [0.4, 0.5) is 0 Å². The van der Waals surface area contributed by atoms with Crippen LogP contribution >= 0.6 is 0 Å². The van der Waals surface area contributed by atoms with Crippen LogP contribution in [0.25, 0.3) is 12.2 Å². The Kier molecular flexibility index (Phi) is 3.23. The predicted octanol–water partition coefficient (Wildman–Crippen LogP) is 0.0448. The van der Waals surface area contributed by atoms with Crippen LogP contribution in [0.15, 0.2) is 12.2 Å². The van der Waals surface area contributed by atoms with Gasteiger partial charge in [0.05, 0.1) is 10.7 Å². The van der Waals surface area contributed by atoms with E-state index in [1.807, 2.05) is 13.0 Å². The van der Waals surface area contributed by atoms with Gasteiger partial charge in [-0.1, -0.05) is 18.2 Å². The molecular weight excluding hydrogens is 180 g/mol. The molecule has 1 aromatic heterocycles. The van der Waals surface area contributed by atoms with Crippen LogP contribution in [0.1, 0.15) is 13.8 Å². The van der Waals surface area contributed by atoms with Crippen molar-refractivity contribution in [3.63, 3.8) is 0 Å². The minimum absolute atomic E-state index is 0.448. The van der Waals surface area contributed by atoms with Crippen molar-refractivity contribution in [2.45, 2.75) is 13.8 Å². The molecular formula is C10H12N2O2. The van der Waals surface area contributed by atoms with Crippen LogP contribution in [-0.2, 0) is 0 Å². The third-order valence-corrected chi connectivity index (χ3v) is 1.64. The summed E-state index contributed by atoms with van der Waals surface area (Å²) in [5.41, 5.74) is 0. The maximum atomic E-state index is 9.14.